The summed E-state index contributed by atoms with van der Waals surface area (Å²) in [6, 6.07) is 19.2. The maximum atomic E-state index is 11.0. The monoisotopic (exact) mass is 402 g/mol. The van der Waals surface area contributed by atoms with Gasteiger partial charge in [0.05, 0.1) is 24.8 Å². The summed E-state index contributed by atoms with van der Waals surface area (Å²) in [4.78, 5) is 15.3. The first-order valence-corrected chi connectivity index (χ1v) is 9.09. The molecule has 3 aromatic rings. The number of rotatable bonds is 5. The average Bonchev–Trinajstić information content (AvgIpc) is 2.98. The summed E-state index contributed by atoms with van der Waals surface area (Å²) >= 11 is 0. The Morgan fingerprint density at radius 1 is 0.867 bits per heavy atom. The number of non-ortho nitro benzene ring substituents is 1. The molecule has 0 aromatic heterocycles. The normalized spacial score (nSPS) is 12.6. The lowest BCUT2D eigenvalue weighted by Crippen LogP contribution is -2.19. The number of hydrogen-bond acceptors (Lipinski definition) is 7. The van der Waals surface area contributed by atoms with Gasteiger partial charge in [0, 0.05) is 28.8 Å². The van der Waals surface area contributed by atoms with Crippen LogP contribution in [0, 0.1) is 10.1 Å². The van der Waals surface area contributed by atoms with Crippen LogP contribution in [-0.2, 0) is 0 Å². The van der Waals surface area contributed by atoms with Crippen molar-refractivity contribution in [3.8, 4) is 11.5 Å². The van der Waals surface area contributed by atoms with Gasteiger partial charge in [-0.25, -0.2) is 4.99 Å². The van der Waals surface area contributed by atoms with Crippen LogP contribution in [0.5, 0.6) is 11.5 Å². The molecule has 0 radical (unpaired) electrons. The summed E-state index contributed by atoms with van der Waals surface area (Å²) in [6.45, 7) is 0. The molecule has 0 spiro atoms. The maximum Gasteiger partial charge on any atom is 0.269 e. The minimum atomic E-state index is -0.432. The summed E-state index contributed by atoms with van der Waals surface area (Å²) < 4.78 is 10.6. The standard InChI is InChI=1S/C22H18N4O4/c1-29-17-9-5-15(6-10-17)22-23-20-12-11-18(30-2)13-19(20)21(24-25-22)14-3-7-16(8-4-14)26(27)28/h3-13H,1-2H3,(H,23,25). The number of amidine groups is 1. The van der Waals surface area contributed by atoms with Gasteiger partial charge in [0.15, 0.2) is 5.84 Å². The number of hydrazone groups is 1. The predicted molar refractivity (Wildman–Crippen MR) is 114 cm³/mol. The molecule has 8 heteroatoms. The van der Waals surface area contributed by atoms with Crippen LogP contribution in [0.2, 0.25) is 0 Å². The number of nitro groups is 1. The van der Waals surface area contributed by atoms with Crippen LogP contribution in [-0.4, -0.2) is 30.7 Å². The van der Waals surface area contributed by atoms with Crippen LogP contribution in [0.3, 0.4) is 0 Å². The van der Waals surface area contributed by atoms with Gasteiger partial charge in [-0.3, -0.25) is 15.5 Å². The second-order valence-electron chi connectivity index (χ2n) is 6.45. The third-order valence-electron chi connectivity index (χ3n) is 4.68. The molecule has 0 bridgehead atoms. The van der Waals surface area contributed by atoms with E-state index in [1.54, 1.807) is 26.4 Å². The highest BCUT2D eigenvalue weighted by Crippen LogP contribution is 2.30. The summed E-state index contributed by atoms with van der Waals surface area (Å²) in [5.74, 6) is 1.97. The quantitative estimate of drug-likeness (QED) is 0.513. The zero-order valence-electron chi connectivity index (χ0n) is 16.3. The largest absolute Gasteiger partial charge is 0.497 e. The molecule has 8 nitrogen and oxygen atoms in total. The Kier molecular flexibility index (Phi) is 5.13. The van der Waals surface area contributed by atoms with E-state index in [2.05, 4.69) is 10.5 Å². The Hall–Kier alpha value is -4.20. The molecular formula is C22H18N4O4. The molecule has 0 fully saturated rings. The number of ether oxygens (including phenoxy) is 2. The van der Waals surface area contributed by atoms with Gasteiger partial charge in [0.25, 0.3) is 5.69 Å². The highest BCUT2D eigenvalue weighted by atomic mass is 16.6. The number of aliphatic imine (C=N–C) groups is 1. The highest BCUT2D eigenvalue weighted by Gasteiger charge is 2.19. The lowest BCUT2D eigenvalue weighted by molar-refractivity contribution is -0.384. The number of benzene rings is 3. The second kappa shape index (κ2) is 8.04. The molecule has 4 rings (SSSR count). The molecule has 1 aliphatic heterocycles. The SMILES string of the molecule is COc1ccc(C2=Nc3ccc(OC)cc3C(c3ccc([N+](=O)[O-])cc3)=NN2)cc1. The summed E-state index contributed by atoms with van der Waals surface area (Å²) in [5.41, 5.74) is 6.65. The minimum Gasteiger partial charge on any atom is -0.497 e. The maximum absolute atomic E-state index is 11.0. The minimum absolute atomic E-state index is 0.0157. The van der Waals surface area contributed by atoms with Crippen molar-refractivity contribution in [2.45, 2.75) is 0 Å². The van der Waals surface area contributed by atoms with Crippen molar-refractivity contribution >= 4 is 22.9 Å². The molecule has 1 N–H and O–H groups in total. The van der Waals surface area contributed by atoms with Crippen LogP contribution >= 0.6 is 0 Å². The predicted octanol–water partition coefficient (Wildman–Crippen LogP) is 4.05. The van der Waals surface area contributed by atoms with E-state index in [9.17, 15) is 10.1 Å². The van der Waals surface area contributed by atoms with E-state index >= 15 is 0 Å². The number of nitro benzene ring substituents is 1. The van der Waals surface area contributed by atoms with Gasteiger partial charge in [0.1, 0.15) is 17.2 Å². The first kappa shape index (κ1) is 19.1. The van der Waals surface area contributed by atoms with E-state index in [1.807, 2.05) is 42.5 Å². The molecule has 1 heterocycles. The van der Waals surface area contributed by atoms with Gasteiger partial charge in [-0.15, -0.1) is 0 Å². The molecule has 0 unspecified atom stereocenters. The van der Waals surface area contributed by atoms with E-state index in [0.717, 1.165) is 16.9 Å². The van der Waals surface area contributed by atoms with Gasteiger partial charge < -0.3 is 9.47 Å². The van der Waals surface area contributed by atoms with Crippen molar-refractivity contribution < 1.29 is 14.4 Å². The fourth-order valence-corrected chi connectivity index (χ4v) is 3.08. The van der Waals surface area contributed by atoms with Gasteiger partial charge in [0.2, 0.25) is 0 Å². The van der Waals surface area contributed by atoms with E-state index in [-0.39, 0.29) is 5.69 Å². The smallest absolute Gasteiger partial charge is 0.269 e. The summed E-state index contributed by atoms with van der Waals surface area (Å²) in [7, 11) is 3.20. The average molecular weight is 402 g/mol. The first-order chi connectivity index (χ1) is 14.6. The molecule has 0 amide bonds. The molecule has 3 aromatic carbocycles. The topological polar surface area (TPSA) is 98.3 Å². The van der Waals surface area contributed by atoms with E-state index in [1.165, 1.54) is 12.1 Å². The van der Waals surface area contributed by atoms with Gasteiger partial charge in [-0.2, -0.15) is 5.10 Å². The molecule has 1 aliphatic rings. The lowest BCUT2D eigenvalue weighted by atomic mass is 10.00. The fourth-order valence-electron chi connectivity index (χ4n) is 3.08. The summed E-state index contributed by atoms with van der Waals surface area (Å²) in [5, 5.41) is 15.6. The van der Waals surface area contributed by atoms with Crippen LogP contribution in [0.1, 0.15) is 16.7 Å². The van der Waals surface area contributed by atoms with Crippen LogP contribution in [0.25, 0.3) is 0 Å². The van der Waals surface area contributed by atoms with Crippen molar-refractivity contribution in [1.82, 2.24) is 5.43 Å². The zero-order valence-corrected chi connectivity index (χ0v) is 16.3. The third-order valence-corrected chi connectivity index (χ3v) is 4.68. The van der Waals surface area contributed by atoms with E-state index in [4.69, 9.17) is 14.5 Å². The van der Waals surface area contributed by atoms with Crippen LogP contribution in [0.4, 0.5) is 11.4 Å². The molecule has 0 saturated heterocycles. The lowest BCUT2D eigenvalue weighted by Gasteiger charge is -2.09. The molecule has 30 heavy (non-hydrogen) atoms. The summed E-state index contributed by atoms with van der Waals surface area (Å²) in [6.07, 6.45) is 0. The Bertz CT molecular complexity index is 1150. The first-order valence-electron chi connectivity index (χ1n) is 9.09. The number of hydrogen-bond donors (Lipinski definition) is 1. The van der Waals surface area contributed by atoms with Crippen molar-refractivity contribution in [3.63, 3.8) is 0 Å². The Morgan fingerprint density at radius 2 is 1.50 bits per heavy atom. The Morgan fingerprint density at radius 3 is 2.13 bits per heavy atom. The highest BCUT2D eigenvalue weighted by molar-refractivity contribution is 6.18. The molecule has 0 aliphatic carbocycles. The van der Waals surface area contributed by atoms with E-state index < -0.39 is 4.92 Å². The molecule has 0 atom stereocenters. The van der Waals surface area contributed by atoms with E-state index in [0.29, 0.717) is 28.5 Å². The fraction of sp³-hybridized carbons (Fsp3) is 0.0909. The Balaban J connectivity index is 1.81. The van der Waals surface area contributed by atoms with Gasteiger partial charge in [-0.1, -0.05) is 0 Å². The molecular weight excluding hydrogens is 384 g/mol. The third kappa shape index (κ3) is 3.70. The van der Waals surface area contributed by atoms with Gasteiger partial charge >= 0.3 is 0 Å². The van der Waals surface area contributed by atoms with Crippen molar-refractivity contribution in [2.24, 2.45) is 10.1 Å². The zero-order chi connectivity index (χ0) is 21.1. The molecule has 0 saturated carbocycles. The second-order valence-corrected chi connectivity index (χ2v) is 6.45. The van der Waals surface area contributed by atoms with Crippen LogP contribution in [0.15, 0.2) is 76.8 Å². The van der Waals surface area contributed by atoms with Crippen molar-refractivity contribution in [2.75, 3.05) is 14.2 Å². The van der Waals surface area contributed by atoms with Crippen molar-refractivity contribution in [3.05, 3.63) is 93.5 Å². The van der Waals surface area contributed by atoms with Gasteiger partial charge in [-0.05, 0) is 54.6 Å². The Labute approximate surface area is 172 Å². The van der Waals surface area contributed by atoms with Crippen LogP contribution < -0.4 is 14.9 Å². The van der Waals surface area contributed by atoms with Crippen molar-refractivity contribution in [1.29, 1.82) is 0 Å². The number of fused-ring (bicyclic) bond motifs is 1. The molecule has 150 valence electrons. The number of nitrogens with zero attached hydrogens (tertiary/aromatic N) is 3. The number of methoxy groups -OCH3 is 2. The number of nitrogens with one attached hydrogen (secondary N) is 1.